The van der Waals surface area contributed by atoms with Gasteiger partial charge in [-0.25, -0.2) is 9.97 Å². The first kappa shape index (κ1) is 8.32. The van der Waals surface area contributed by atoms with Crippen molar-refractivity contribution in [2.75, 3.05) is 0 Å². The van der Waals surface area contributed by atoms with Crippen LogP contribution in [0.4, 0.5) is 0 Å². The van der Waals surface area contributed by atoms with E-state index in [4.69, 9.17) is 5.73 Å². The smallest absolute Gasteiger partial charge is 0.225 e. The van der Waals surface area contributed by atoms with Crippen LogP contribution in [0.1, 0.15) is 16.2 Å². The summed E-state index contributed by atoms with van der Waals surface area (Å²) in [6, 6.07) is 0. The minimum absolute atomic E-state index is 0.000856. The number of primary amides is 1. The zero-order valence-electron chi connectivity index (χ0n) is 6.23. The molecule has 1 heterocycles. The van der Waals surface area contributed by atoms with Crippen molar-refractivity contribution in [2.45, 2.75) is 6.42 Å². The summed E-state index contributed by atoms with van der Waals surface area (Å²) in [4.78, 5) is 28.1. The number of hydrogen-bond acceptors (Lipinski definition) is 4. The first-order valence-electron chi connectivity index (χ1n) is 3.27. The molecule has 2 N–H and O–H groups in total. The Morgan fingerprint density at radius 3 is 2.50 bits per heavy atom. The third kappa shape index (κ3) is 2.12. The van der Waals surface area contributed by atoms with Crippen molar-refractivity contribution in [1.82, 2.24) is 9.97 Å². The van der Waals surface area contributed by atoms with E-state index in [9.17, 15) is 9.59 Å². The summed E-state index contributed by atoms with van der Waals surface area (Å²) in [5.74, 6) is -0.165. The van der Waals surface area contributed by atoms with E-state index < -0.39 is 5.91 Å². The van der Waals surface area contributed by atoms with Crippen LogP contribution in [0.2, 0.25) is 0 Å². The molecule has 0 bridgehead atoms. The number of carbonyl (C=O) groups is 2. The lowest BCUT2D eigenvalue weighted by Crippen LogP contribution is -2.15. The maximum absolute atomic E-state index is 10.4. The zero-order chi connectivity index (χ0) is 8.97. The van der Waals surface area contributed by atoms with Crippen molar-refractivity contribution in [3.8, 4) is 0 Å². The minimum Gasteiger partial charge on any atom is -0.369 e. The molecule has 0 aliphatic rings. The standard InChI is InChI=1S/C7H7N3O2/c8-6(12)1-7-9-2-5(4-11)3-10-7/h2-4H,1H2,(H2,8,12). The number of amides is 1. The van der Waals surface area contributed by atoms with Crippen LogP contribution in [0.3, 0.4) is 0 Å². The van der Waals surface area contributed by atoms with Crippen LogP contribution in [0.15, 0.2) is 12.4 Å². The molecule has 0 saturated heterocycles. The summed E-state index contributed by atoms with van der Waals surface area (Å²) < 4.78 is 0. The second-order valence-electron chi connectivity index (χ2n) is 2.19. The maximum Gasteiger partial charge on any atom is 0.225 e. The third-order valence-corrected chi connectivity index (χ3v) is 1.19. The molecule has 0 radical (unpaired) electrons. The summed E-state index contributed by atoms with van der Waals surface area (Å²) in [6.07, 6.45) is 3.32. The Morgan fingerprint density at radius 2 is 2.08 bits per heavy atom. The van der Waals surface area contributed by atoms with E-state index in [0.717, 1.165) is 0 Å². The van der Waals surface area contributed by atoms with Crippen LogP contribution >= 0.6 is 0 Å². The van der Waals surface area contributed by atoms with E-state index in [-0.39, 0.29) is 6.42 Å². The minimum atomic E-state index is -0.492. The van der Waals surface area contributed by atoms with Crippen molar-refractivity contribution in [2.24, 2.45) is 5.73 Å². The molecule has 1 aromatic heterocycles. The molecule has 0 atom stereocenters. The van der Waals surface area contributed by atoms with E-state index in [1.165, 1.54) is 12.4 Å². The topological polar surface area (TPSA) is 85.9 Å². The summed E-state index contributed by atoms with van der Waals surface area (Å²) in [5.41, 5.74) is 5.28. The van der Waals surface area contributed by atoms with Crippen molar-refractivity contribution >= 4 is 12.2 Å². The first-order valence-corrected chi connectivity index (χ1v) is 3.27. The number of aromatic nitrogens is 2. The molecule has 12 heavy (non-hydrogen) atoms. The third-order valence-electron chi connectivity index (χ3n) is 1.19. The molecule has 0 aromatic carbocycles. The van der Waals surface area contributed by atoms with Gasteiger partial charge in [-0.3, -0.25) is 9.59 Å². The van der Waals surface area contributed by atoms with Gasteiger partial charge in [0.05, 0.1) is 12.0 Å². The first-order chi connectivity index (χ1) is 5.72. The van der Waals surface area contributed by atoms with Gasteiger partial charge < -0.3 is 5.73 Å². The van der Waals surface area contributed by atoms with Gasteiger partial charge in [-0.15, -0.1) is 0 Å². The lowest BCUT2D eigenvalue weighted by atomic mass is 10.3. The monoisotopic (exact) mass is 165 g/mol. The zero-order valence-corrected chi connectivity index (χ0v) is 6.23. The average molecular weight is 165 g/mol. The Kier molecular flexibility index (Phi) is 2.47. The lowest BCUT2D eigenvalue weighted by molar-refractivity contribution is -0.117. The normalized spacial score (nSPS) is 9.33. The number of carbonyl (C=O) groups excluding carboxylic acids is 2. The predicted octanol–water partition coefficient (Wildman–Crippen LogP) is -0.683. The van der Waals surface area contributed by atoms with E-state index in [1.807, 2.05) is 0 Å². The molecule has 0 aliphatic carbocycles. The second-order valence-corrected chi connectivity index (χ2v) is 2.19. The van der Waals surface area contributed by atoms with Crippen LogP contribution in [-0.2, 0) is 11.2 Å². The van der Waals surface area contributed by atoms with Gasteiger partial charge in [0, 0.05) is 12.4 Å². The van der Waals surface area contributed by atoms with Crippen LogP contribution in [0.5, 0.6) is 0 Å². The Bertz CT molecular complexity index is 294. The molecule has 1 aromatic rings. The fourth-order valence-corrected chi connectivity index (χ4v) is 0.673. The molecule has 0 fully saturated rings. The molecule has 62 valence electrons. The molecule has 1 amide bonds. The van der Waals surface area contributed by atoms with Gasteiger partial charge >= 0.3 is 0 Å². The summed E-state index contributed by atoms with van der Waals surface area (Å²) in [7, 11) is 0. The molecule has 0 saturated carbocycles. The van der Waals surface area contributed by atoms with Crippen molar-refractivity contribution in [3.05, 3.63) is 23.8 Å². The largest absolute Gasteiger partial charge is 0.369 e. The van der Waals surface area contributed by atoms with Gasteiger partial charge in [-0.1, -0.05) is 0 Å². The highest BCUT2D eigenvalue weighted by Crippen LogP contribution is 1.92. The van der Waals surface area contributed by atoms with Crippen LogP contribution in [0, 0.1) is 0 Å². The van der Waals surface area contributed by atoms with Gasteiger partial charge in [-0.05, 0) is 0 Å². The fourth-order valence-electron chi connectivity index (χ4n) is 0.673. The highest BCUT2D eigenvalue weighted by atomic mass is 16.1. The Morgan fingerprint density at radius 1 is 1.50 bits per heavy atom. The Balaban J connectivity index is 2.77. The molecule has 5 heteroatoms. The molecule has 5 nitrogen and oxygen atoms in total. The van der Waals surface area contributed by atoms with Crippen LogP contribution in [-0.4, -0.2) is 22.2 Å². The summed E-state index contributed by atoms with van der Waals surface area (Å²) in [5, 5.41) is 0. The number of nitrogens with zero attached hydrogens (tertiary/aromatic N) is 2. The quantitative estimate of drug-likeness (QED) is 0.601. The number of nitrogens with two attached hydrogens (primary N) is 1. The maximum atomic E-state index is 10.4. The highest BCUT2D eigenvalue weighted by Gasteiger charge is 2.00. The Labute approximate surface area is 68.6 Å². The molecule has 0 unspecified atom stereocenters. The molecular weight excluding hydrogens is 158 g/mol. The highest BCUT2D eigenvalue weighted by molar-refractivity contribution is 5.76. The van der Waals surface area contributed by atoms with Crippen molar-refractivity contribution in [1.29, 1.82) is 0 Å². The van der Waals surface area contributed by atoms with E-state index in [2.05, 4.69) is 9.97 Å². The average Bonchev–Trinajstić information content (AvgIpc) is 2.05. The van der Waals surface area contributed by atoms with Gasteiger partial charge in [0.25, 0.3) is 0 Å². The molecule has 0 aliphatic heterocycles. The van der Waals surface area contributed by atoms with Crippen LogP contribution < -0.4 is 5.73 Å². The second kappa shape index (κ2) is 3.56. The van der Waals surface area contributed by atoms with E-state index in [1.54, 1.807) is 0 Å². The van der Waals surface area contributed by atoms with Gasteiger partial charge in [0.15, 0.2) is 6.29 Å². The Hall–Kier alpha value is -1.78. The van der Waals surface area contributed by atoms with Crippen molar-refractivity contribution in [3.63, 3.8) is 0 Å². The summed E-state index contributed by atoms with van der Waals surface area (Å²) in [6.45, 7) is 0. The van der Waals surface area contributed by atoms with Gasteiger partial charge in [0.1, 0.15) is 5.82 Å². The number of hydrogen-bond donors (Lipinski definition) is 1. The lowest BCUT2D eigenvalue weighted by Gasteiger charge is -1.94. The van der Waals surface area contributed by atoms with E-state index >= 15 is 0 Å². The number of rotatable bonds is 3. The van der Waals surface area contributed by atoms with E-state index in [0.29, 0.717) is 17.7 Å². The summed E-state index contributed by atoms with van der Waals surface area (Å²) >= 11 is 0. The van der Waals surface area contributed by atoms with Gasteiger partial charge in [0.2, 0.25) is 5.91 Å². The SMILES string of the molecule is NC(=O)Cc1ncc(C=O)cn1. The van der Waals surface area contributed by atoms with Crippen molar-refractivity contribution < 1.29 is 9.59 Å². The van der Waals surface area contributed by atoms with Gasteiger partial charge in [-0.2, -0.15) is 0 Å². The molecule has 1 rings (SSSR count). The fraction of sp³-hybridized carbons (Fsp3) is 0.143. The van der Waals surface area contributed by atoms with Crippen LogP contribution in [0.25, 0.3) is 0 Å². The molecule has 0 spiro atoms. The molecular formula is C7H7N3O2. The number of aldehydes is 1. The predicted molar refractivity (Wildman–Crippen MR) is 40.3 cm³/mol.